The molecule has 148 valence electrons. The van der Waals surface area contributed by atoms with Crippen molar-refractivity contribution in [2.45, 2.75) is 46.9 Å². The molecule has 0 fully saturated rings. The molecule has 0 aliphatic carbocycles. The number of fused-ring (bicyclic) bond motifs is 1. The maximum atomic E-state index is 12.5. The van der Waals surface area contributed by atoms with E-state index in [9.17, 15) is 9.59 Å². The molecule has 7 heteroatoms. The van der Waals surface area contributed by atoms with E-state index in [2.05, 4.69) is 10.4 Å². The second-order valence-electron chi connectivity index (χ2n) is 7.25. The van der Waals surface area contributed by atoms with E-state index in [1.165, 1.54) is 4.57 Å². The number of carbonyl (C=O) groups is 1. The number of pyridine rings is 1. The molecule has 1 N–H and O–H groups in total. The van der Waals surface area contributed by atoms with Gasteiger partial charge in [-0.1, -0.05) is 12.1 Å². The zero-order chi connectivity index (χ0) is 20.4. The van der Waals surface area contributed by atoms with Crippen LogP contribution in [0.15, 0.2) is 35.1 Å². The van der Waals surface area contributed by atoms with Crippen molar-refractivity contribution in [2.75, 3.05) is 0 Å². The van der Waals surface area contributed by atoms with Crippen LogP contribution in [-0.4, -0.2) is 26.4 Å². The number of amides is 1. The first-order valence-electron chi connectivity index (χ1n) is 9.32. The molecule has 2 heterocycles. The predicted molar refractivity (Wildman–Crippen MR) is 109 cm³/mol. The highest BCUT2D eigenvalue weighted by Crippen LogP contribution is 2.19. The zero-order valence-electron chi connectivity index (χ0n) is 16.9. The van der Waals surface area contributed by atoms with Gasteiger partial charge >= 0.3 is 0 Å². The summed E-state index contributed by atoms with van der Waals surface area (Å²) in [6, 6.07) is 9.15. The van der Waals surface area contributed by atoms with Gasteiger partial charge in [-0.05, 0) is 51.0 Å². The van der Waals surface area contributed by atoms with Gasteiger partial charge in [-0.25, -0.2) is 0 Å². The molecule has 1 aromatic carbocycles. The van der Waals surface area contributed by atoms with Crippen LogP contribution in [0.25, 0.3) is 11.0 Å². The third kappa shape index (κ3) is 4.08. The number of aromatic nitrogens is 3. The van der Waals surface area contributed by atoms with Crippen molar-refractivity contribution in [2.24, 2.45) is 7.05 Å². The number of hydrogen-bond acceptors (Lipinski definition) is 4. The third-order valence-electron chi connectivity index (χ3n) is 4.53. The smallest absolute Gasteiger partial charge is 0.252 e. The van der Waals surface area contributed by atoms with E-state index >= 15 is 0 Å². The minimum Gasteiger partial charge on any atom is -0.491 e. The molecule has 3 rings (SSSR count). The summed E-state index contributed by atoms with van der Waals surface area (Å²) in [5.41, 5.74) is 3.12. The normalized spacial score (nSPS) is 11.2. The number of ether oxygens (including phenoxy) is 1. The maximum absolute atomic E-state index is 12.5. The molecule has 0 atom stereocenters. The quantitative estimate of drug-likeness (QED) is 0.710. The van der Waals surface area contributed by atoms with Gasteiger partial charge in [-0.15, -0.1) is 0 Å². The van der Waals surface area contributed by atoms with Gasteiger partial charge < -0.3 is 10.1 Å². The number of nitrogens with one attached hydrogen (secondary N) is 1. The molecule has 2 aromatic heterocycles. The zero-order valence-corrected chi connectivity index (χ0v) is 16.9. The Bertz CT molecular complexity index is 1060. The first kappa shape index (κ1) is 19.7. The number of nitrogens with zero attached hydrogens (tertiary/aromatic N) is 3. The van der Waals surface area contributed by atoms with Crippen molar-refractivity contribution < 1.29 is 9.53 Å². The lowest BCUT2D eigenvalue weighted by molar-refractivity contribution is -0.121. The molecule has 1 amide bonds. The molecular formula is C21H26N4O3. The first-order valence-corrected chi connectivity index (χ1v) is 9.32. The van der Waals surface area contributed by atoms with E-state index in [1.807, 2.05) is 52.0 Å². The number of benzene rings is 1. The summed E-state index contributed by atoms with van der Waals surface area (Å²) in [5.74, 6) is 0.568. The second kappa shape index (κ2) is 7.88. The predicted octanol–water partition coefficient (Wildman–Crippen LogP) is 2.46. The fourth-order valence-corrected chi connectivity index (χ4v) is 3.37. The van der Waals surface area contributed by atoms with Crippen LogP contribution < -0.4 is 15.6 Å². The SMILES string of the molecule is Cc1cc(=O)n(CC(=O)NCc2ccc(OC(C)C)cc2)c2c1c(C)nn2C. The van der Waals surface area contributed by atoms with Gasteiger partial charge in [-0.2, -0.15) is 5.10 Å². The Morgan fingerprint density at radius 2 is 1.89 bits per heavy atom. The molecule has 0 aliphatic heterocycles. The molecule has 7 nitrogen and oxygen atoms in total. The highest BCUT2D eigenvalue weighted by Gasteiger charge is 2.16. The molecule has 0 bridgehead atoms. The van der Waals surface area contributed by atoms with Crippen LogP contribution in [0.1, 0.15) is 30.7 Å². The molecule has 0 radical (unpaired) electrons. The molecule has 28 heavy (non-hydrogen) atoms. The van der Waals surface area contributed by atoms with E-state index in [0.717, 1.165) is 28.0 Å². The van der Waals surface area contributed by atoms with E-state index in [-0.39, 0.29) is 24.1 Å². The van der Waals surface area contributed by atoms with Gasteiger partial charge in [0.15, 0.2) is 0 Å². The molecule has 0 saturated heterocycles. The Kier molecular flexibility index (Phi) is 5.53. The van der Waals surface area contributed by atoms with Gasteiger partial charge in [0.2, 0.25) is 5.91 Å². The monoisotopic (exact) mass is 382 g/mol. The fraction of sp³-hybridized carbons (Fsp3) is 0.381. The lowest BCUT2D eigenvalue weighted by Gasteiger charge is -2.12. The topological polar surface area (TPSA) is 78.2 Å². The summed E-state index contributed by atoms with van der Waals surface area (Å²) in [5, 5.41) is 8.18. The summed E-state index contributed by atoms with van der Waals surface area (Å²) in [6.45, 7) is 8.06. The molecular weight excluding hydrogens is 356 g/mol. The molecule has 3 aromatic rings. The summed E-state index contributed by atoms with van der Waals surface area (Å²) in [6.07, 6.45) is 0.117. The Morgan fingerprint density at radius 3 is 2.54 bits per heavy atom. The lowest BCUT2D eigenvalue weighted by Crippen LogP contribution is -2.32. The first-order chi connectivity index (χ1) is 13.3. The Labute approximate surface area is 163 Å². The van der Waals surface area contributed by atoms with Crippen LogP contribution in [0.3, 0.4) is 0 Å². The van der Waals surface area contributed by atoms with Crippen LogP contribution in [0, 0.1) is 13.8 Å². The molecule has 0 saturated carbocycles. The molecule has 0 unspecified atom stereocenters. The average molecular weight is 382 g/mol. The van der Waals surface area contributed by atoms with E-state index < -0.39 is 0 Å². The van der Waals surface area contributed by atoms with Crippen molar-refractivity contribution in [1.82, 2.24) is 19.7 Å². The Morgan fingerprint density at radius 1 is 1.21 bits per heavy atom. The van der Waals surface area contributed by atoms with Crippen molar-refractivity contribution in [3.63, 3.8) is 0 Å². The Hall–Kier alpha value is -3.09. The van der Waals surface area contributed by atoms with Gasteiger partial charge in [0, 0.05) is 25.0 Å². The highest BCUT2D eigenvalue weighted by atomic mass is 16.5. The summed E-state index contributed by atoms with van der Waals surface area (Å²) in [4.78, 5) is 25.0. The molecule has 0 spiro atoms. The van der Waals surface area contributed by atoms with Crippen molar-refractivity contribution in [3.8, 4) is 5.75 Å². The van der Waals surface area contributed by atoms with Crippen molar-refractivity contribution in [1.29, 1.82) is 0 Å². The Balaban J connectivity index is 1.73. The van der Waals surface area contributed by atoms with E-state index in [4.69, 9.17) is 4.74 Å². The minimum absolute atomic E-state index is 0.0524. The van der Waals surface area contributed by atoms with Gasteiger partial charge in [-0.3, -0.25) is 18.8 Å². The summed E-state index contributed by atoms with van der Waals surface area (Å²) < 4.78 is 8.74. The van der Waals surface area contributed by atoms with Crippen molar-refractivity contribution in [3.05, 3.63) is 57.5 Å². The highest BCUT2D eigenvalue weighted by molar-refractivity contribution is 5.84. The lowest BCUT2D eigenvalue weighted by atomic mass is 10.1. The van der Waals surface area contributed by atoms with Gasteiger partial charge in [0.25, 0.3) is 5.56 Å². The number of carbonyl (C=O) groups excluding carboxylic acids is 1. The molecule has 0 aliphatic rings. The van der Waals surface area contributed by atoms with E-state index in [0.29, 0.717) is 12.2 Å². The third-order valence-corrected chi connectivity index (χ3v) is 4.53. The summed E-state index contributed by atoms with van der Waals surface area (Å²) in [7, 11) is 1.78. The fourth-order valence-electron chi connectivity index (χ4n) is 3.37. The van der Waals surface area contributed by atoms with Crippen LogP contribution >= 0.6 is 0 Å². The van der Waals surface area contributed by atoms with Crippen LogP contribution in [-0.2, 0) is 24.9 Å². The summed E-state index contributed by atoms with van der Waals surface area (Å²) >= 11 is 0. The average Bonchev–Trinajstić information content (AvgIpc) is 2.92. The maximum Gasteiger partial charge on any atom is 0.252 e. The minimum atomic E-state index is -0.228. The van der Waals surface area contributed by atoms with Gasteiger partial charge in [0.05, 0.1) is 11.8 Å². The largest absolute Gasteiger partial charge is 0.491 e. The number of aryl methyl sites for hydroxylation is 3. The van der Waals surface area contributed by atoms with Gasteiger partial charge in [0.1, 0.15) is 17.9 Å². The van der Waals surface area contributed by atoms with Crippen LogP contribution in [0.4, 0.5) is 0 Å². The van der Waals surface area contributed by atoms with Crippen LogP contribution in [0.5, 0.6) is 5.75 Å². The number of hydrogen-bond donors (Lipinski definition) is 1. The van der Waals surface area contributed by atoms with Crippen molar-refractivity contribution >= 4 is 16.9 Å². The van der Waals surface area contributed by atoms with Crippen LogP contribution in [0.2, 0.25) is 0 Å². The van der Waals surface area contributed by atoms with E-state index in [1.54, 1.807) is 17.8 Å². The number of rotatable bonds is 6. The second-order valence-corrected chi connectivity index (χ2v) is 7.25. The standard InChI is InChI=1S/C21H26N4O3/c1-13(2)28-17-8-6-16(7-9-17)11-22-18(26)12-25-19(27)10-14(3)20-15(4)23-24(5)21(20)25/h6-10,13H,11-12H2,1-5H3,(H,22,26).